The summed E-state index contributed by atoms with van der Waals surface area (Å²) in [5.74, 6) is 1.57. The summed E-state index contributed by atoms with van der Waals surface area (Å²) >= 11 is 11.0. The first-order valence-corrected chi connectivity index (χ1v) is 8.79. The summed E-state index contributed by atoms with van der Waals surface area (Å²) in [4.78, 5) is 4.68. The number of para-hydroxylation sites is 1. The van der Waals surface area contributed by atoms with Crippen molar-refractivity contribution in [3.63, 3.8) is 0 Å². The predicted octanol–water partition coefficient (Wildman–Crippen LogP) is 2.42. The molecule has 8 heteroatoms. The van der Waals surface area contributed by atoms with E-state index in [9.17, 15) is 0 Å². The Labute approximate surface area is 157 Å². The Balaban J connectivity index is 1.51. The van der Waals surface area contributed by atoms with Crippen LogP contribution in [0.3, 0.4) is 0 Å². The molecule has 0 aliphatic carbocycles. The van der Waals surface area contributed by atoms with Crippen molar-refractivity contribution in [2.24, 2.45) is 10.8 Å². The highest BCUT2D eigenvalue weighted by molar-refractivity contribution is 7.80. The fourth-order valence-corrected chi connectivity index (χ4v) is 3.09. The number of halogens is 1. The lowest BCUT2D eigenvalue weighted by Gasteiger charge is -2.36. The summed E-state index contributed by atoms with van der Waals surface area (Å²) in [6, 6.07) is 11.8. The van der Waals surface area contributed by atoms with E-state index in [0.717, 1.165) is 49.2 Å². The van der Waals surface area contributed by atoms with Crippen LogP contribution in [0.25, 0.3) is 0 Å². The van der Waals surface area contributed by atoms with Crippen LogP contribution in [0.15, 0.2) is 45.9 Å². The molecule has 1 fully saturated rings. The van der Waals surface area contributed by atoms with Gasteiger partial charge in [-0.3, -0.25) is 10.3 Å². The molecule has 132 valence electrons. The molecule has 0 atom stereocenters. The van der Waals surface area contributed by atoms with E-state index >= 15 is 0 Å². The van der Waals surface area contributed by atoms with E-state index in [-0.39, 0.29) is 5.11 Å². The van der Waals surface area contributed by atoms with Crippen LogP contribution in [0.2, 0.25) is 5.02 Å². The Hall–Kier alpha value is -2.09. The Morgan fingerprint density at radius 3 is 2.72 bits per heavy atom. The molecule has 1 aromatic carbocycles. The van der Waals surface area contributed by atoms with Crippen molar-refractivity contribution in [2.45, 2.75) is 6.54 Å². The van der Waals surface area contributed by atoms with Gasteiger partial charge >= 0.3 is 0 Å². The van der Waals surface area contributed by atoms with Crippen molar-refractivity contribution >= 4 is 40.8 Å². The molecule has 2 aromatic rings. The zero-order valence-electron chi connectivity index (χ0n) is 13.7. The average Bonchev–Trinajstić information content (AvgIpc) is 3.03. The lowest BCUT2D eigenvalue weighted by molar-refractivity contribution is 0.230. The maximum Gasteiger partial charge on any atom is 0.184 e. The number of nitrogens with zero attached hydrogens (tertiary/aromatic N) is 3. The molecule has 6 nitrogen and oxygen atoms in total. The van der Waals surface area contributed by atoms with Crippen molar-refractivity contribution in [1.82, 2.24) is 10.3 Å². The maximum atomic E-state index is 6.28. The van der Waals surface area contributed by atoms with Crippen molar-refractivity contribution < 1.29 is 4.42 Å². The molecule has 3 rings (SSSR count). The van der Waals surface area contributed by atoms with Gasteiger partial charge in [0.05, 0.1) is 23.5 Å². The molecule has 1 saturated heterocycles. The van der Waals surface area contributed by atoms with Crippen LogP contribution < -0.4 is 16.1 Å². The molecule has 0 unspecified atom stereocenters. The predicted molar refractivity (Wildman–Crippen MR) is 105 cm³/mol. The number of piperazine rings is 1. The van der Waals surface area contributed by atoms with Gasteiger partial charge in [-0.1, -0.05) is 23.7 Å². The Kier molecular flexibility index (Phi) is 5.91. The van der Waals surface area contributed by atoms with Crippen molar-refractivity contribution in [3.05, 3.63) is 52.9 Å². The van der Waals surface area contributed by atoms with E-state index in [1.54, 1.807) is 6.21 Å². The number of hydrogen-bond acceptors (Lipinski definition) is 5. The molecule has 25 heavy (non-hydrogen) atoms. The van der Waals surface area contributed by atoms with Crippen LogP contribution in [-0.2, 0) is 6.54 Å². The van der Waals surface area contributed by atoms with E-state index < -0.39 is 0 Å². The molecular formula is C17H20ClN5OS. The molecule has 2 heterocycles. The number of rotatable bonds is 5. The number of nitrogens with one attached hydrogen (secondary N) is 1. The number of nitrogens with two attached hydrogens (primary N) is 1. The smallest absolute Gasteiger partial charge is 0.184 e. The average molecular weight is 378 g/mol. The van der Waals surface area contributed by atoms with Gasteiger partial charge in [-0.25, -0.2) is 0 Å². The molecule has 1 aliphatic heterocycles. The molecule has 0 spiro atoms. The van der Waals surface area contributed by atoms with Gasteiger partial charge in [0, 0.05) is 26.2 Å². The summed E-state index contributed by atoms with van der Waals surface area (Å²) < 4.78 is 5.75. The Bertz CT molecular complexity index is 755. The summed E-state index contributed by atoms with van der Waals surface area (Å²) in [6.07, 6.45) is 1.55. The number of hydrogen-bond donors (Lipinski definition) is 2. The van der Waals surface area contributed by atoms with Crippen molar-refractivity contribution in [2.75, 3.05) is 31.1 Å². The van der Waals surface area contributed by atoms with Gasteiger partial charge in [-0.2, -0.15) is 5.10 Å². The van der Waals surface area contributed by atoms with E-state index in [2.05, 4.69) is 38.6 Å². The lowest BCUT2D eigenvalue weighted by Crippen LogP contribution is -2.46. The fourth-order valence-electron chi connectivity index (χ4n) is 2.78. The zero-order valence-corrected chi connectivity index (χ0v) is 15.3. The largest absolute Gasteiger partial charge is 0.459 e. The van der Waals surface area contributed by atoms with Crippen LogP contribution in [0.4, 0.5) is 5.69 Å². The van der Waals surface area contributed by atoms with Gasteiger partial charge in [0.2, 0.25) is 0 Å². The number of benzene rings is 1. The molecule has 1 aliphatic rings. The van der Waals surface area contributed by atoms with E-state index in [4.69, 9.17) is 21.8 Å². The third-order valence-corrected chi connectivity index (χ3v) is 4.40. The monoisotopic (exact) mass is 377 g/mol. The highest BCUT2D eigenvalue weighted by Gasteiger charge is 2.19. The normalized spacial score (nSPS) is 15.6. The van der Waals surface area contributed by atoms with Crippen molar-refractivity contribution in [3.8, 4) is 0 Å². The highest BCUT2D eigenvalue weighted by Crippen LogP contribution is 2.26. The van der Waals surface area contributed by atoms with Gasteiger partial charge in [-0.05, 0) is 36.5 Å². The lowest BCUT2D eigenvalue weighted by atomic mass is 10.2. The molecular weight excluding hydrogens is 358 g/mol. The summed E-state index contributed by atoms with van der Waals surface area (Å²) in [6.45, 7) is 4.57. The number of anilines is 1. The SMILES string of the molecule is NC(=S)NN=Cc1ccc(CN2CCN(c3ccccc3Cl)CC2)o1. The summed E-state index contributed by atoms with van der Waals surface area (Å²) in [5.41, 5.74) is 8.91. The van der Waals surface area contributed by atoms with Gasteiger partial charge in [-0.15, -0.1) is 0 Å². The molecule has 0 saturated carbocycles. The second-order valence-electron chi connectivity index (χ2n) is 5.75. The quantitative estimate of drug-likeness (QED) is 0.474. The second-order valence-corrected chi connectivity index (χ2v) is 6.60. The first-order chi connectivity index (χ1) is 12.1. The second kappa shape index (κ2) is 8.33. The zero-order chi connectivity index (χ0) is 17.6. The standard InChI is InChI=1S/C17H20ClN5OS/c18-15-3-1-2-4-16(15)23-9-7-22(8-10-23)12-14-6-5-13(24-14)11-20-21-17(19)25/h1-6,11H,7-10,12H2,(H3,19,21,25). The maximum absolute atomic E-state index is 6.28. The third kappa shape index (κ3) is 4.94. The van der Waals surface area contributed by atoms with Crippen LogP contribution in [0, 0.1) is 0 Å². The summed E-state index contributed by atoms with van der Waals surface area (Å²) in [7, 11) is 0. The molecule has 3 N–H and O–H groups in total. The third-order valence-electron chi connectivity index (χ3n) is 3.99. The topological polar surface area (TPSA) is 70.0 Å². The minimum absolute atomic E-state index is 0.124. The minimum atomic E-state index is 0.124. The Morgan fingerprint density at radius 2 is 2.00 bits per heavy atom. The van der Waals surface area contributed by atoms with Crippen LogP contribution in [0.1, 0.15) is 11.5 Å². The molecule has 0 bridgehead atoms. The molecule has 0 amide bonds. The number of furan rings is 1. The van der Waals surface area contributed by atoms with E-state index in [1.807, 2.05) is 30.3 Å². The van der Waals surface area contributed by atoms with Gasteiger partial charge in [0.25, 0.3) is 0 Å². The van der Waals surface area contributed by atoms with E-state index in [0.29, 0.717) is 5.76 Å². The van der Waals surface area contributed by atoms with Crippen LogP contribution in [-0.4, -0.2) is 42.4 Å². The van der Waals surface area contributed by atoms with E-state index in [1.165, 1.54) is 0 Å². The number of hydrazone groups is 1. The van der Waals surface area contributed by atoms with Crippen LogP contribution >= 0.6 is 23.8 Å². The van der Waals surface area contributed by atoms with Gasteiger partial charge in [0.1, 0.15) is 11.5 Å². The van der Waals surface area contributed by atoms with Gasteiger partial charge in [0.15, 0.2) is 5.11 Å². The van der Waals surface area contributed by atoms with Gasteiger partial charge < -0.3 is 15.1 Å². The van der Waals surface area contributed by atoms with Crippen molar-refractivity contribution in [1.29, 1.82) is 0 Å². The minimum Gasteiger partial charge on any atom is -0.459 e. The first kappa shape index (κ1) is 17.7. The molecule has 0 radical (unpaired) electrons. The summed E-state index contributed by atoms with van der Waals surface area (Å²) in [5, 5.41) is 4.81. The molecule has 1 aromatic heterocycles. The Morgan fingerprint density at radius 1 is 1.24 bits per heavy atom. The first-order valence-electron chi connectivity index (χ1n) is 8.01. The fraction of sp³-hybridized carbons (Fsp3) is 0.294. The number of thiocarbonyl (C=S) groups is 1. The highest BCUT2D eigenvalue weighted by atomic mass is 35.5. The van der Waals surface area contributed by atoms with Crippen LogP contribution in [0.5, 0.6) is 0 Å².